The van der Waals surface area contributed by atoms with E-state index in [-0.39, 0.29) is 13.0 Å². The minimum Gasteiger partial charge on any atom is -0.454 e. The number of ether oxygens (including phenoxy) is 3. The number of amides is 1. The van der Waals surface area contributed by atoms with E-state index in [2.05, 4.69) is 38.2 Å². The van der Waals surface area contributed by atoms with Gasteiger partial charge < -0.3 is 45.1 Å². The average Bonchev–Trinajstić information content (AvgIpc) is 0.881. The minimum absolute atomic E-state index is 0.131. The van der Waals surface area contributed by atoms with Crippen molar-refractivity contribution < 1.29 is 49.3 Å². The number of allylic oxidation sites excluding steroid dienone is 3. The van der Waals surface area contributed by atoms with Gasteiger partial charge in [-0.2, -0.15) is 0 Å². The molecular weight excluding hydrogens is 1150 g/mol. The average molecular weight is 1300 g/mol. The molecule has 1 saturated heterocycles. The summed E-state index contributed by atoms with van der Waals surface area (Å²) in [5.41, 5.74) is 0. The van der Waals surface area contributed by atoms with E-state index in [0.717, 1.165) is 57.8 Å². The number of rotatable bonds is 72. The first kappa shape index (κ1) is 88.2. The maximum atomic E-state index is 13.5. The number of hydrogen-bond acceptors (Lipinski definition) is 10. The molecule has 0 aromatic rings. The van der Waals surface area contributed by atoms with Gasteiger partial charge >= 0.3 is 5.97 Å². The van der Waals surface area contributed by atoms with E-state index in [0.29, 0.717) is 19.3 Å². The number of aliphatic hydroxyl groups excluding tert-OH is 5. The Bertz CT molecular complexity index is 1600. The maximum Gasteiger partial charge on any atom is 0.306 e. The van der Waals surface area contributed by atoms with Crippen molar-refractivity contribution in [3.05, 3.63) is 24.3 Å². The lowest BCUT2D eigenvalue weighted by molar-refractivity contribution is -0.305. The van der Waals surface area contributed by atoms with E-state index >= 15 is 0 Å². The summed E-state index contributed by atoms with van der Waals surface area (Å²) >= 11 is 0. The lowest BCUT2D eigenvalue weighted by atomic mass is 9.99. The van der Waals surface area contributed by atoms with Crippen LogP contribution >= 0.6 is 0 Å². The fourth-order valence-electron chi connectivity index (χ4n) is 13.2. The number of nitrogens with one attached hydrogen (secondary N) is 1. The van der Waals surface area contributed by atoms with Gasteiger partial charge in [0, 0.05) is 6.42 Å². The third kappa shape index (κ3) is 55.2. The second-order valence-corrected chi connectivity index (χ2v) is 28.5. The molecule has 0 aromatic carbocycles. The zero-order valence-electron chi connectivity index (χ0n) is 61.0. The van der Waals surface area contributed by atoms with Gasteiger partial charge in [-0.25, -0.2) is 0 Å². The topological polar surface area (TPSA) is 175 Å². The molecule has 0 aliphatic carbocycles. The fourth-order valence-corrected chi connectivity index (χ4v) is 13.2. The highest BCUT2D eigenvalue weighted by molar-refractivity contribution is 5.80. The molecule has 8 atom stereocenters. The summed E-state index contributed by atoms with van der Waals surface area (Å²) in [6.45, 7) is 5.87. The van der Waals surface area contributed by atoms with Crippen LogP contribution < -0.4 is 5.32 Å². The van der Waals surface area contributed by atoms with Gasteiger partial charge in [0.1, 0.15) is 24.4 Å². The number of carbonyl (C=O) groups is 2. The van der Waals surface area contributed by atoms with Crippen LogP contribution in [0.15, 0.2) is 24.3 Å². The van der Waals surface area contributed by atoms with E-state index in [1.54, 1.807) is 6.08 Å². The first-order valence-electron chi connectivity index (χ1n) is 40.6. The Balaban J connectivity index is 2.47. The van der Waals surface area contributed by atoms with Gasteiger partial charge in [-0.05, 0) is 51.4 Å². The van der Waals surface area contributed by atoms with Gasteiger partial charge in [0.2, 0.25) is 5.91 Å². The Labute approximate surface area is 569 Å². The second-order valence-electron chi connectivity index (χ2n) is 28.5. The van der Waals surface area contributed by atoms with Gasteiger partial charge in [-0.15, -0.1) is 0 Å². The third-order valence-electron chi connectivity index (χ3n) is 19.6. The third-order valence-corrected chi connectivity index (χ3v) is 19.6. The molecule has 92 heavy (non-hydrogen) atoms. The Morgan fingerprint density at radius 2 is 0.717 bits per heavy atom. The first-order valence-corrected chi connectivity index (χ1v) is 40.6. The van der Waals surface area contributed by atoms with Crippen LogP contribution in [0.2, 0.25) is 0 Å². The van der Waals surface area contributed by atoms with Crippen molar-refractivity contribution in [3.63, 3.8) is 0 Å². The molecule has 1 heterocycles. The molecule has 0 bridgehead atoms. The van der Waals surface area contributed by atoms with E-state index in [1.807, 2.05) is 6.08 Å². The molecular formula is C81H155NO10. The zero-order chi connectivity index (χ0) is 66.7. The molecule has 1 rings (SSSR count). The lowest BCUT2D eigenvalue weighted by Crippen LogP contribution is -2.61. The van der Waals surface area contributed by atoms with Gasteiger partial charge in [-0.1, -0.05) is 385 Å². The molecule has 1 aliphatic heterocycles. The Morgan fingerprint density at radius 3 is 1.05 bits per heavy atom. The quantitative estimate of drug-likeness (QED) is 0.0195. The van der Waals surface area contributed by atoms with Gasteiger partial charge in [0.25, 0.3) is 0 Å². The van der Waals surface area contributed by atoms with Crippen molar-refractivity contribution in [2.24, 2.45) is 0 Å². The Hall–Kier alpha value is -1.86. The standard InChI is InChI=1S/C81H155NO10/c1-4-7-10-13-16-19-22-25-27-29-31-33-35-37-39-40-42-44-46-48-50-53-56-59-62-65-68-74(85)80(89)82-72(73(84)67-64-61-58-55-52-24-21-18-15-12-9-6-3)71-90-81-79(78(88)77(87)75(70-83)91-81)92-76(86)69-66-63-60-57-54-51-49-47-45-43-41-38-36-34-32-30-28-26-23-20-17-14-11-8-5-2/h25,27,64,67,72-75,77-79,81,83-85,87-88H,4-24,26,28-63,65-66,68-71H2,1-3H3,(H,82,89)/b27-25+,67-64+. The Morgan fingerprint density at radius 1 is 0.413 bits per heavy atom. The number of unbranched alkanes of at least 4 members (excludes halogenated alkanes) is 56. The monoisotopic (exact) mass is 1300 g/mol. The molecule has 1 fully saturated rings. The molecule has 0 saturated carbocycles. The molecule has 544 valence electrons. The van der Waals surface area contributed by atoms with Gasteiger partial charge in [0.15, 0.2) is 12.4 Å². The van der Waals surface area contributed by atoms with Crippen LogP contribution in [0.5, 0.6) is 0 Å². The van der Waals surface area contributed by atoms with Crippen molar-refractivity contribution in [2.45, 2.75) is 468 Å². The van der Waals surface area contributed by atoms with Crippen LogP contribution in [0, 0.1) is 0 Å². The zero-order valence-corrected chi connectivity index (χ0v) is 61.0. The smallest absolute Gasteiger partial charge is 0.306 e. The fraction of sp³-hybridized carbons (Fsp3) is 0.926. The number of carbonyl (C=O) groups excluding carboxylic acids is 2. The molecule has 0 radical (unpaired) electrons. The summed E-state index contributed by atoms with van der Waals surface area (Å²) in [6.07, 6.45) is 75.3. The van der Waals surface area contributed by atoms with Crippen molar-refractivity contribution in [2.75, 3.05) is 13.2 Å². The highest BCUT2D eigenvalue weighted by Gasteiger charge is 2.47. The van der Waals surface area contributed by atoms with Crippen molar-refractivity contribution >= 4 is 11.9 Å². The second kappa shape index (κ2) is 69.1. The van der Waals surface area contributed by atoms with Crippen LogP contribution in [0.4, 0.5) is 0 Å². The summed E-state index contributed by atoms with van der Waals surface area (Å²) in [7, 11) is 0. The van der Waals surface area contributed by atoms with Crippen LogP contribution in [0.1, 0.15) is 419 Å². The van der Waals surface area contributed by atoms with Crippen LogP contribution in [-0.2, 0) is 23.8 Å². The minimum atomic E-state index is -1.61. The van der Waals surface area contributed by atoms with Gasteiger partial charge in [0.05, 0.1) is 25.4 Å². The first-order chi connectivity index (χ1) is 45.2. The van der Waals surface area contributed by atoms with Crippen molar-refractivity contribution in [1.29, 1.82) is 0 Å². The highest BCUT2D eigenvalue weighted by Crippen LogP contribution is 2.27. The normalized spacial score (nSPS) is 17.9. The molecule has 1 aliphatic rings. The molecule has 8 unspecified atom stereocenters. The maximum absolute atomic E-state index is 13.5. The predicted octanol–water partition coefficient (Wildman–Crippen LogP) is 21.9. The highest BCUT2D eigenvalue weighted by atomic mass is 16.7. The summed E-state index contributed by atoms with van der Waals surface area (Å²) in [5.74, 6) is -1.17. The summed E-state index contributed by atoms with van der Waals surface area (Å²) < 4.78 is 17.8. The summed E-state index contributed by atoms with van der Waals surface area (Å²) in [6, 6.07) is -1.02. The van der Waals surface area contributed by atoms with Crippen LogP contribution in [0.25, 0.3) is 0 Å². The van der Waals surface area contributed by atoms with Crippen LogP contribution in [0.3, 0.4) is 0 Å². The molecule has 0 spiro atoms. The van der Waals surface area contributed by atoms with Gasteiger partial charge in [-0.3, -0.25) is 9.59 Å². The molecule has 1 amide bonds. The van der Waals surface area contributed by atoms with E-state index in [9.17, 15) is 35.1 Å². The lowest BCUT2D eigenvalue weighted by Gasteiger charge is -2.41. The SMILES string of the molecule is CCCCCCCC/C=C/CCCCCCCCCCCCCCCCCCC(O)C(=O)NC(COC1OC(CO)C(O)C(O)C1OC(=O)CCCCCCCCCCCCCCCCCCCCCCCCCCC)C(O)/C=C/CCCCCCCCCCCC. The largest absolute Gasteiger partial charge is 0.454 e. The van der Waals surface area contributed by atoms with E-state index in [4.69, 9.17) is 14.2 Å². The Kier molecular flexibility index (Phi) is 66.2. The van der Waals surface area contributed by atoms with Crippen molar-refractivity contribution in [1.82, 2.24) is 5.32 Å². The number of esters is 1. The van der Waals surface area contributed by atoms with E-state index < -0.39 is 67.4 Å². The predicted molar refractivity (Wildman–Crippen MR) is 389 cm³/mol. The molecule has 6 N–H and O–H groups in total. The van der Waals surface area contributed by atoms with Crippen LogP contribution in [-0.4, -0.2) is 99.6 Å². The summed E-state index contributed by atoms with van der Waals surface area (Å²) in [5, 5.41) is 57.4. The molecule has 11 heteroatoms. The number of aliphatic hydroxyl groups is 5. The number of hydrogen-bond donors (Lipinski definition) is 6. The van der Waals surface area contributed by atoms with E-state index in [1.165, 1.54) is 315 Å². The summed E-state index contributed by atoms with van der Waals surface area (Å²) in [4.78, 5) is 26.8. The molecule has 11 nitrogen and oxygen atoms in total. The molecule has 0 aromatic heterocycles. The van der Waals surface area contributed by atoms with Crippen molar-refractivity contribution in [3.8, 4) is 0 Å².